The Bertz CT molecular complexity index is 677. The highest BCUT2D eigenvalue weighted by molar-refractivity contribution is 5.84. The lowest BCUT2D eigenvalue weighted by Crippen LogP contribution is -2.49. The van der Waals surface area contributed by atoms with Gasteiger partial charge < -0.3 is 19.7 Å². The Balaban J connectivity index is 2.14. The Morgan fingerprint density at radius 3 is 2.50 bits per heavy atom. The maximum absolute atomic E-state index is 12.9. The Morgan fingerprint density at radius 2 is 1.96 bits per heavy atom. The zero-order valence-electron chi connectivity index (χ0n) is 14.7. The van der Waals surface area contributed by atoms with Crippen molar-refractivity contribution in [3.05, 3.63) is 47.5 Å². The number of aromatic nitrogens is 2. The summed E-state index contributed by atoms with van der Waals surface area (Å²) in [5.41, 5.74) is 1.77. The summed E-state index contributed by atoms with van der Waals surface area (Å²) in [4.78, 5) is 21.7. The third-order valence-electron chi connectivity index (χ3n) is 3.84. The third-order valence-corrected chi connectivity index (χ3v) is 3.84. The van der Waals surface area contributed by atoms with Gasteiger partial charge in [0.05, 0.1) is 25.2 Å². The molecule has 2 rings (SSSR count). The van der Waals surface area contributed by atoms with Crippen molar-refractivity contribution in [1.82, 2.24) is 14.9 Å². The van der Waals surface area contributed by atoms with Crippen molar-refractivity contribution in [3.63, 3.8) is 0 Å². The van der Waals surface area contributed by atoms with Gasteiger partial charge in [0, 0.05) is 12.2 Å². The number of benzene rings is 1. The number of aliphatic hydroxyl groups is 1. The molecular weight excluding hydrogens is 306 g/mol. The SMILES string of the molecule is Cc1ccc(OC(C)(C)C(=O)N(CCO)Cc2nc[nH]c2C)cc1. The Labute approximate surface area is 142 Å². The molecule has 1 aromatic carbocycles. The normalized spacial score (nSPS) is 11.4. The van der Waals surface area contributed by atoms with Crippen LogP contribution >= 0.6 is 0 Å². The van der Waals surface area contributed by atoms with Gasteiger partial charge in [-0.3, -0.25) is 4.79 Å². The molecule has 0 spiro atoms. The first-order valence-electron chi connectivity index (χ1n) is 7.98. The minimum absolute atomic E-state index is 0.115. The molecule has 2 N–H and O–H groups in total. The summed E-state index contributed by atoms with van der Waals surface area (Å²) in [7, 11) is 0. The van der Waals surface area contributed by atoms with Crippen LogP contribution in [0.4, 0.5) is 0 Å². The van der Waals surface area contributed by atoms with Crippen LogP contribution in [0, 0.1) is 13.8 Å². The van der Waals surface area contributed by atoms with Gasteiger partial charge in [0.25, 0.3) is 5.91 Å². The second-order valence-corrected chi connectivity index (χ2v) is 6.35. The van der Waals surface area contributed by atoms with Crippen molar-refractivity contribution in [2.75, 3.05) is 13.2 Å². The van der Waals surface area contributed by atoms with Crippen LogP contribution in [0.5, 0.6) is 5.75 Å². The van der Waals surface area contributed by atoms with Crippen molar-refractivity contribution in [3.8, 4) is 5.75 Å². The van der Waals surface area contributed by atoms with Crippen molar-refractivity contribution >= 4 is 5.91 Å². The number of amides is 1. The third kappa shape index (κ3) is 4.35. The Kier molecular flexibility index (Phi) is 5.62. The molecule has 0 atom stereocenters. The van der Waals surface area contributed by atoms with Crippen molar-refractivity contribution in [2.45, 2.75) is 39.8 Å². The standard InChI is InChI=1S/C18H25N3O3/c1-13-5-7-15(8-6-13)24-18(3,4)17(23)21(9-10-22)11-16-14(2)19-12-20-16/h5-8,12,22H,9-11H2,1-4H3,(H,19,20). The summed E-state index contributed by atoms with van der Waals surface area (Å²) in [6.45, 7) is 7.80. The molecule has 0 unspecified atom stereocenters. The summed E-state index contributed by atoms with van der Waals surface area (Å²) in [6.07, 6.45) is 1.60. The largest absolute Gasteiger partial charge is 0.478 e. The number of rotatable bonds is 7. The lowest BCUT2D eigenvalue weighted by molar-refractivity contribution is -0.146. The van der Waals surface area contributed by atoms with Crippen LogP contribution in [0.1, 0.15) is 30.8 Å². The minimum Gasteiger partial charge on any atom is -0.478 e. The quantitative estimate of drug-likeness (QED) is 0.815. The topological polar surface area (TPSA) is 78.4 Å². The fourth-order valence-electron chi connectivity index (χ4n) is 2.43. The molecule has 0 aliphatic rings. The number of H-pyrrole nitrogens is 1. The summed E-state index contributed by atoms with van der Waals surface area (Å²) in [5.74, 6) is 0.443. The van der Waals surface area contributed by atoms with E-state index in [2.05, 4.69) is 9.97 Å². The number of hydrogen-bond donors (Lipinski definition) is 2. The van der Waals surface area contributed by atoms with Gasteiger partial charge in [-0.2, -0.15) is 0 Å². The summed E-state index contributed by atoms with van der Waals surface area (Å²) >= 11 is 0. The number of carbonyl (C=O) groups excluding carboxylic acids is 1. The number of aryl methyl sites for hydroxylation is 2. The first-order valence-corrected chi connectivity index (χ1v) is 7.98. The average Bonchev–Trinajstić information content (AvgIpc) is 2.93. The zero-order valence-corrected chi connectivity index (χ0v) is 14.7. The molecule has 0 saturated carbocycles. The molecule has 0 saturated heterocycles. The van der Waals surface area contributed by atoms with Gasteiger partial charge in [0.15, 0.2) is 5.60 Å². The number of ether oxygens (including phenoxy) is 1. The zero-order chi connectivity index (χ0) is 17.7. The number of aromatic amines is 1. The molecule has 130 valence electrons. The van der Waals surface area contributed by atoms with Crippen LogP contribution in [-0.4, -0.2) is 44.6 Å². The number of carbonyl (C=O) groups is 1. The van der Waals surface area contributed by atoms with E-state index in [0.717, 1.165) is 17.0 Å². The van der Waals surface area contributed by atoms with Gasteiger partial charge in [-0.05, 0) is 39.8 Å². The van der Waals surface area contributed by atoms with Gasteiger partial charge in [0.1, 0.15) is 5.75 Å². The van der Waals surface area contributed by atoms with E-state index in [1.165, 1.54) is 0 Å². The smallest absolute Gasteiger partial charge is 0.266 e. The van der Waals surface area contributed by atoms with Crippen molar-refractivity contribution < 1.29 is 14.6 Å². The molecule has 1 aromatic heterocycles. The first-order chi connectivity index (χ1) is 11.3. The number of nitrogens with one attached hydrogen (secondary N) is 1. The summed E-state index contributed by atoms with van der Waals surface area (Å²) in [5, 5.41) is 9.31. The van der Waals surface area contributed by atoms with E-state index < -0.39 is 5.60 Å². The molecule has 1 amide bonds. The molecule has 6 nitrogen and oxygen atoms in total. The van der Waals surface area contributed by atoms with Gasteiger partial charge in [-0.25, -0.2) is 4.98 Å². The first kappa shape index (κ1) is 18.0. The van der Waals surface area contributed by atoms with Crippen molar-refractivity contribution in [2.24, 2.45) is 0 Å². The number of imidazole rings is 1. The molecule has 0 aliphatic heterocycles. The number of nitrogens with zero attached hydrogens (tertiary/aromatic N) is 2. The van der Waals surface area contributed by atoms with Crippen LogP contribution in [0.3, 0.4) is 0 Å². The van der Waals surface area contributed by atoms with E-state index in [1.54, 1.807) is 25.1 Å². The molecule has 24 heavy (non-hydrogen) atoms. The second kappa shape index (κ2) is 7.49. The molecule has 0 aliphatic carbocycles. The van der Waals surface area contributed by atoms with Crippen LogP contribution < -0.4 is 4.74 Å². The number of aliphatic hydroxyl groups excluding tert-OH is 1. The van der Waals surface area contributed by atoms with E-state index in [4.69, 9.17) is 4.74 Å². The molecular formula is C18H25N3O3. The lowest BCUT2D eigenvalue weighted by atomic mass is 10.1. The predicted octanol–water partition coefficient (Wildman–Crippen LogP) is 2.21. The summed E-state index contributed by atoms with van der Waals surface area (Å²) < 4.78 is 5.89. The van der Waals surface area contributed by atoms with E-state index in [9.17, 15) is 9.90 Å². The maximum atomic E-state index is 12.9. The monoisotopic (exact) mass is 331 g/mol. The Morgan fingerprint density at radius 1 is 1.29 bits per heavy atom. The van der Waals surface area contributed by atoms with Crippen LogP contribution in [0.2, 0.25) is 0 Å². The maximum Gasteiger partial charge on any atom is 0.266 e. The second-order valence-electron chi connectivity index (χ2n) is 6.35. The van der Waals surface area contributed by atoms with E-state index >= 15 is 0 Å². The molecule has 0 bridgehead atoms. The molecule has 1 heterocycles. The highest BCUT2D eigenvalue weighted by Crippen LogP contribution is 2.21. The van der Waals surface area contributed by atoms with E-state index in [-0.39, 0.29) is 19.1 Å². The fourth-order valence-corrected chi connectivity index (χ4v) is 2.43. The highest BCUT2D eigenvalue weighted by Gasteiger charge is 2.34. The van der Waals surface area contributed by atoms with Crippen LogP contribution in [0.25, 0.3) is 0 Å². The number of hydrogen-bond acceptors (Lipinski definition) is 4. The van der Waals surface area contributed by atoms with Crippen LogP contribution in [0.15, 0.2) is 30.6 Å². The lowest BCUT2D eigenvalue weighted by Gasteiger charge is -2.32. The molecule has 0 radical (unpaired) electrons. The van der Waals surface area contributed by atoms with E-state index in [1.807, 2.05) is 38.1 Å². The van der Waals surface area contributed by atoms with Gasteiger partial charge in [0.2, 0.25) is 0 Å². The van der Waals surface area contributed by atoms with E-state index in [0.29, 0.717) is 12.3 Å². The fraction of sp³-hybridized carbons (Fsp3) is 0.444. The van der Waals surface area contributed by atoms with Gasteiger partial charge >= 0.3 is 0 Å². The predicted molar refractivity (Wildman–Crippen MR) is 91.7 cm³/mol. The van der Waals surface area contributed by atoms with Crippen molar-refractivity contribution in [1.29, 1.82) is 0 Å². The molecule has 6 heteroatoms. The highest BCUT2D eigenvalue weighted by atomic mass is 16.5. The van der Waals surface area contributed by atoms with Gasteiger partial charge in [-0.1, -0.05) is 17.7 Å². The molecule has 0 fully saturated rings. The van der Waals surface area contributed by atoms with Gasteiger partial charge in [-0.15, -0.1) is 0 Å². The minimum atomic E-state index is -1.05. The summed E-state index contributed by atoms with van der Waals surface area (Å²) in [6, 6.07) is 7.57. The Hall–Kier alpha value is -2.34. The van der Waals surface area contributed by atoms with Crippen LogP contribution in [-0.2, 0) is 11.3 Å². The average molecular weight is 331 g/mol. The molecule has 2 aromatic rings.